The first kappa shape index (κ1) is 11.4. The Morgan fingerprint density at radius 2 is 1.53 bits per heavy atom. The Hall–Kier alpha value is -0.0800. The van der Waals surface area contributed by atoms with Gasteiger partial charge in [0.1, 0.15) is 0 Å². The number of fused-ring (bicyclic) bond motifs is 3. The van der Waals surface area contributed by atoms with Gasteiger partial charge in [-0.15, -0.1) is 0 Å². The smallest absolute Gasteiger partial charge is 0.0155 e. The van der Waals surface area contributed by atoms with E-state index in [1.165, 1.54) is 45.1 Å². The van der Waals surface area contributed by atoms with E-state index in [0.717, 1.165) is 0 Å². The van der Waals surface area contributed by atoms with Gasteiger partial charge >= 0.3 is 0 Å². The monoisotopic (exact) mass is 210 g/mol. The van der Waals surface area contributed by atoms with E-state index in [9.17, 15) is 0 Å². The van der Waals surface area contributed by atoms with Crippen LogP contribution < -0.4 is 5.73 Å². The van der Waals surface area contributed by atoms with Crippen molar-refractivity contribution in [2.75, 3.05) is 13.6 Å². The highest BCUT2D eigenvalue weighted by Crippen LogP contribution is 2.51. The predicted octanol–water partition coefficient (Wildman–Crippen LogP) is 2.38. The fraction of sp³-hybridized carbons (Fsp3) is 1.00. The average Bonchev–Trinajstić information content (AvgIpc) is 2.20. The van der Waals surface area contributed by atoms with Crippen molar-refractivity contribution in [2.45, 2.75) is 64.0 Å². The van der Waals surface area contributed by atoms with Gasteiger partial charge in [0.15, 0.2) is 0 Å². The lowest BCUT2D eigenvalue weighted by atomic mass is 9.57. The Bertz CT molecular complexity index is 210. The van der Waals surface area contributed by atoms with Gasteiger partial charge in [-0.3, -0.25) is 0 Å². The molecule has 0 heterocycles. The maximum atomic E-state index is 6.33. The highest BCUT2D eigenvalue weighted by atomic mass is 15.1. The van der Waals surface area contributed by atoms with Crippen molar-refractivity contribution in [1.29, 1.82) is 0 Å². The molecule has 3 aliphatic rings. The van der Waals surface area contributed by atoms with Crippen LogP contribution in [0.1, 0.15) is 52.4 Å². The van der Waals surface area contributed by atoms with Crippen LogP contribution in [0.3, 0.4) is 0 Å². The SMILES string of the molecule is CC(C)N(C)CC12CCC(N)(CC1)CC2. The standard InChI is InChI=1S/C13H26N2/c1-11(2)15(3)10-12-4-7-13(14,8-5-12)9-6-12/h11H,4-10,14H2,1-3H3. The molecule has 88 valence electrons. The maximum absolute atomic E-state index is 6.33. The molecule has 0 aromatic carbocycles. The van der Waals surface area contributed by atoms with Crippen molar-refractivity contribution in [3.05, 3.63) is 0 Å². The van der Waals surface area contributed by atoms with Crippen LogP contribution >= 0.6 is 0 Å². The van der Waals surface area contributed by atoms with Crippen molar-refractivity contribution in [3.63, 3.8) is 0 Å². The lowest BCUT2D eigenvalue weighted by molar-refractivity contribution is 0.0119. The molecule has 15 heavy (non-hydrogen) atoms. The molecule has 0 aromatic heterocycles. The molecule has 0 atom stereocenters. The van der Waals surface area contributed by atoms with Gasteiger partial charge in [0, 0.05) is 18.1 Å². The predicted molar refractivity (Wildman–Crippen MR) is 64.8 cm³/mol. The number of hydrogen-bond acceptors (Lipinski definition) is 2. The summed E-state index contributed by atoms with van der Waals surface area (Å²) < 4.78 is 0. The molecule has 2 heteroatoms. The number of nitrogens with zero attached hydrogens (tertiary/aromatic N) is 1. The van der Waals surface area contributed by atoms with Gasteiger partial charge in [-0.25, -0.2) is 0 Å². The Kier molecular flexibility index (Phi) is 2.85. The zero-order chi connectivity index (χ0) is 11.1. The second-order valence-corrected chi connectivity index (χ2v) is 6.37. The molecular formula is C13H26N2. The molecule has 3 fully saturated rings. The number of hydrogen-bond donors (Lipinski definition) is 1. The largest absolute Gasteiger partial charge is 0.325 e. The molecule has 3 rings (SSSR count). The summed E-state index contributed by atoms with van der Waals surface area (Å²) in [5.74, 6) is 0. The molecule has 0 saturated heterocycles. The first-order valence-corrected chi connectivity index (χ1v) is 6.44. The zero-order valence-corrected chi connectivity index (χ0v) is 10.6. The maximum Gasteiger partial charge on any atom is 0.0155 e. The average molecular weight is 210 g/mol. The van der Waals surface area contributed by atoms with Gasteiger partial charge in [0.05, 0.1) is 0 Å². The summed E-state index contributed by atoms with van der Waals surface area (Å²) in [6, 6.07) is 0.672. The fourth-order valence-electron chi connectivity index (χ4n) is 3.24. The summed E-state index contributed by atoms with van der Waals surface area (Å²) in [6.45, 7) is 5.85. The van der Waals surface area contributed by atoms with Crippen LogP contribution in [-0.2, 0) is 0 Å². The third-order valence-electron chi connectivity index (χ3n) is 4.93. The van der Waals surface area contributed by atoms with Crippen LogP contribution in [-0.4, -0.2) is 30.1 Å². The van der Waals surface area contributed by atoms with Gasteiger partial charge in [-0.2, -0.15) is 0 Å². The molecule has 3 aliphatic carbocycles. The Balaban J connectivity index is 1.98. The van der Waals surface area contributed by atoms with Crippen molar-refractivity contribution < 1.29 is 0 Å². The lowest BCUT2D eigenvalue weighted by Gasteiger charge is -2.53. The zero-order valence-electron chi connectivity index (χ0n) is 10.6. The van der Waals surface area contributed by atoms with Crippen LogP contribution in [0.15, 0.2) is 0 Å². The number of nitrogens with two attached hydrogens (primary N) is 1. The molecule has 0 amide bonds. The molecule has 2 bridgehead atoms. The van der Waals surface area contributed by atoms with E-state index in [0.29, 0.717) is 11.5 Å². The summed E-state index contributed by atoms with van der Waals surface area (Å²) in [5, 5.41) is 0. The van der Waals surface area contributed by atoms with Crippen molar-refractivity contribution in [2.24, 2.45) is 11.1 Å². The molecule has 3 saturated carbocycles. The van der Waals surface area contributed by atoms with Crippen LogP contribution in [0.2, 0.25) is 0 Å². The lowest BCUT2D eigenvalue weighted by Crippen LogP contribution is -2.55. The second kappa shape index (κ2) is 3.74. The van der Waals surface area contributed by atoms with Crippen molar-refractivity contribution >= 4 is 0 Å². The highest BCUT2D eigenvalue weighted by molar-refractivity contribution is 5.03. The third kappa shape index (κ3) is 2.21. The van der Waals surface area contributed by atoms with Crippen molar-refractivity contribution in [3.8, 4) is 0 Å². The fourth-order valence-corrected chi connectivity index (χ4v) is 3.24. The molecule has 0 spiro atoms. The van der Waals surface area contributed by atoms with Gasteiger partial charge in [-0.05, 0) is 64.8 Å². The van der Waals surface area contributed by atoms with E-state index in [1.807, 2.05) is 0 Å². The molecule has 2 nitrogen and oxygen atoms in total. The minimum atomic E-state index is 0.220. The minimum Gasteiger partial charge on any atom is -0.325 e. The van der Waals surface area contributed by atoms with E-state index in [-0.39, 0.29) is 5.54 Å². The van der Waals surface area contributed by atoms with Gasteiger partial charge in [-0.1, -0.05) is 0 Å². The molecule has 0 aromatic rings. The summed E-state index contributed by atoms with van der Waals surface area (Å²) >= 11 is 0. The van der Waals surface area contributed by atoms with Crippen LogP contribution in [0, 0.1) is 5.41 Å². The number of rotatable bonds is 3. The molecule has 2 N–H and O–H groups in total. The summed E-state index contributed by atoms with van der Waals surface area (Å²) in [5.41, 5.74) is 7.16. The Morgan fingerprint density at radius 3 is 1.93 bits per heavy atom. The van der Waals surface area contributed by atoms with Gasteiger partial charge < -0.3 is 10.6 Å². The minimum absolute atomic E-state index is 0.220. The second-order valence-electron chi connectivity index (χ2n) is 6.37. The van der Waals surface area contributed by atoms with E-state index in [4.69, 9.17) is 5.73 Å². The first-order valence-electron chi connectivity index (χ1n) is 6.44. The topological polar surface area (TPSA) is 29.3 Å². The van der Waals surface area contributed by atoms with Crippen LogP contribution in [0.25, 0.3) is 0 Å². The highest BCUT2D eigenvalue weighted by Gasteiger charge is 2.46. The molecule has 0 unspecified atom stereocenters. The Labute approximate surface area is 94.2 Å². The normalized spacial score (nSPS) is 40.4. The summed E-state index contributed by atoms with van der Waals surface area (Å²) in [4.78, 5) is 2.51. The quantitative estimate of drug-likeness (QED) is 0.775. The molecule has 0 radical (unpaired) electrons. The third-order valence-corrected chi connectivity index (χ3v) is 4.93. The van der Waals surface area contributed by atoms with Crippen LogP contribution in [0.4, 0.5) is 0 Å². The summed E-state index contributed by atoms with van der Waals surface area (Å²) in [6.07, 6.45) is 7.87. The van der Waals surface area contributed by atoms with E-state index < -0.39 is 0 Å². The van der Waals surface area contributed by atoms with Gasteiger partial charge in [0.2, 0.25) is 0 Å². The molecular weight excluding hydrogens is 184 g/mol. The summed E-state index contributed by atoms with van der Waals surface area (Å²) in [7, 11) is 2.26. The van der Waals surface area contributed by atoms with E-state index in [2.05, 4.69) is 25.8 Å². The van der Waals surface area contributed by atoms with Crippen LogP contribution in [0.5, 0.6) is 0 Å². The van der Waals surface area contributed by atoms with Gasteiger partial charge in [0.25, 0.3) is 0 Å². The Morgan fingerprint density at radius 1 is 1.07 bits per heavy atom. The van der Waals surface area contributed by atoms with Crippen molar-refractivity contribution in [1.82, 2.24) is 4.90 Å². The van der Waals surface area contributed by atoms with E-state index in [1.54, 1.807) is 0 Å². The first-order chi connectivity index (χ1) is 6.95. The van der Waals surface area contributed by atoms with E-state index >= 15 is 0 Å². The molecule has 0 aliphatic heterocycles.